The zero-order valence-corrected chi connectivity index (χ0v) is 24.8. The van der Waals surface area contributed by atoms with Gasteiger partial charge in [-0.15, -0.1) is 0 Å². The van der Waals surface area contributed by atoms with Gasteiger partial charge in [0.05, 0.1) is 11.7 Å². The molecule has 0 atom stereocenters. The van der Waals surface area contributed by atoms with Gasteiger partial charge in [-0.2, -0.15) is 10.2 Å². The molecule has 1 aromatic carbocycles. The van der Waals surface area contributed by atoms with E-state index in [4.69, 9.17) is 15.0 Å². The Labute approximate surface area is 240 Å². The van der Waals surface area contributed by atoms with Crippen LogP contribution >= 0.6 is 0 Å². The normalized spacial score (nSPS) is 12.6. The second-order valence-corrected chi connectivity index (χ2v) is 11.0. The number of primary amides is 1. The van der Waals surface area contributed by atoms with E-state index < -0.39 is 11.7 Å². The van der Waals surface area contributed by atoms with Crippen LogP contribution in [-0.2, 0) is 22.5 Å². The molecule has 0 radical (unpaired) electrons. The van der Waals surface area contributed by atoms with Gasteiger partial charge in [0.25, 0.3) is 5.89 Å². The fraction of sp³-hybridized carbons (Fsp3) is 0.467. The number of fused-ring (bicyclic) bond motifs is 1. The highest BCUT2D eigenvalue weighted by Crippen LogP contribution is 2.32. The highest BCUT2D eigenvalue weighted by molar-refractivity contribution is 5.77. The monoisotopic (exact) mass is 562 g/mol. The molecule has 0 fully saturated rings. The quantitative estimate of drug-likeness (QED) is 0.419. The summed E-state index contributed by atoms with van der Waals surface area (Å²) in [5, 5.41) is 13.6. The summed E-state index contributed by atoms with van der Waals surface area (Å²) in [7, 11) is 0. The van der Waals surface area contributed by atoms with Crippen molar-refractivity contribution in [2.75, 3.05) is 6.54 Å². The van der Waals surface area contributed by atoms with E-state index in [1.54, 1.807) is 33.0 Å². The molecule has 2 amide bonds. The van der Waals surface area contributed by atoms with Crippen molar-refractivity contribution in [3.63, 3.8) is 0 Å². The average molecular weight is 563 g/mol. The second-order valence-electron chi connectivity index (χ2n) is 11.0. The van der Waals surface area contributed by atoms with Crippen molar-refractivity contribution in [3.8, 4) is 34.8 Å². The molecule has 41 heavy (non-hydrogen) atoms. The van der Waals surface area contributed by atoms with Gasteiger partial charge in [-0.05, 0) is 77.1 Å². The van der Waals surface area contributed by atoms with Crippen LogP contribution in [0.2, 0.25) is 0 Å². The first-order chi connectivity index (χ1) is 19.3. The molecule has 11 nitrogen and oxygen atoms in total. The van der Waals surface area contributed by atoms with Gasteiger partial charge in [-0.3, -0.25) is 4.79 Å². The van der Waals surface area contributed by atoms with Crippen molar-refractivity contribution in [1.29, 1.82) is 5.26 Å². The van der Waals surface area contributed by atoms with E-state index >= 15 is 0 Å². The third kappa shape index (κ3) is 8.27. The van der Waals surface area contributed by atoms with Gasteiger partial charge in [-0.25, -0.2) is 9.78 Å². The minimum Gasteiger partial charge on any atom is -0.474 e. The fourth-order valence-electron chi connectivity index (χ4n) is 4.39. The molecule has 1 aliphatic rings. The average Bonchev–Trinajstić information content (AvgIpc) is 3.37. The van der Waals surface area contributed by atoms with Gasteiger partial charge in [0, 0.05) is 31.3 Å². The van der Waals surface area contributed by atoms with Crippen molar-refractivity contribution in [2.45, 2.75) is 86.0 Å². The Kier molecular flexibility index (Phi) is 10.1. The Morgan fingerprint density at radius 2 is 2.00 bits per heavy atom. The van der Waals surface area contributed by atoms with Crippen LogP contribution in [0.25, 0.3) is 22.8 Å². The molecule has 0 saturated heterocycles. The molecule has 2 N–H and O–H groups in total. The number of nitrogens with zero attached hydrogens (tertiary/aromatic N) is 5. The maximum Gasteiger partial charge on any atom is 0.405 e. The summed E-state index contributed by atoms with van der Waals surface area (Å²) in [5.74, 6) is 1.27. The number of hydrogen-bond donors (Lipinski definition) is 1. The summed E-state index contributed by atoms with van der Waals surface area (Å²) in [5.41, 5.74) is 9.53. The number of hydrogen-bond acceptors (Lipinski definition) is 9. The topological polar surface area (TPSA) is 157 Å². The zero-order valence-electron chi connectivity index (χ0n) is 24.8. The molecule has 0 spiro atoms. The van der Waals surface area contributed by atoms with Crippen molar-refractivity contribution < 1.29 is 23.6 Å². The smallest absolute Gasteiger partial charge is 0.405 e. The number of pyridine rings is 1. The van der Waals surface area contributed by atoms with E-state index in [-0.39, 0.29) is 17.9 Å². The van der Waals surface area contributed by atoms with Crippen molar-refractivity contribution in [2.24, 2.45) is 5.73 Å². The summed E-state index contributed by atoms with van der Waals surface area (Å²) in [6, 6.07) is 7.78. The lowest BCUT2D eigenvalue weighted by atomic mass is 9.91. The molecule has 3 heterocycles. The number of rotatable bonds is 6. The Morgan fingerprint density at radius 3 is 2.59 bits per heavy atom. The number of carbonyl (C=O) groups excluding carboxylic acids is 2. The van der Waals surface area contributed by atoms with Gasteiger partial charge in [0.2, 0.25) is 17.6 Å². The van der Waals surface area contributed by atoms with Crippen molar-refractivity contribution in [3.05, 3.63) is 46.6 Å². The number of nitrogens with two attached hydrogens (primary N) is 1. The summed E-state index contributed by atoms with van der Waals surface area (Å²) in [6.07, 6.45) is 3.01. The van der Waals surface area contributed by atoms with Crippen LogP contribution < -0.4 is 10.5 Å². The highest BCUT2D eigenvalue weighted by atomic mass is 16.6. The number of benzene rings is 1. The second kappa shape index (κ2) is 13.3. The van der Waals surface area contributed by atoms with E-state index in [0.717, 1.165) is 30.5 Å². The van der Waals surface area contributed by atoms with Crippen LogP contribution in [-0.4, -0.2) is 50.3 Å². The molecule has 0 saturated carbocycles. The van der Waals surface area contributed by atoms with Crippen LogP contribution in [0.1, 0.15) is 76.6 Å². The maximum absolute atomic E-state index is 12.3. The molecule has 11 heteroatoms. The standard InChI is InChI=1S/C25H27N5O3.C5H11NO2/c1-5-6-22(31)30-10-9-20-16(4)21(8-7-17(20)14-30)23-28-25(33-29-23)19-11-18(12-26)24(27-13-19)32-15(2)3;1-5(2,3)8-4(6)7/h7-8,11,13,15H,5-6,9-10,14H2,1-4H3;1-3H3,(H2,6,7). The van der Waals surface area contributed by atoms with Gasteiger partial charge in [-0.1, -0.05) is 24.2 Å². The van der Waals surface area contributed by atoms with Gasteiger partial charge in [0.1, 0.15) is 17.2 Å². The lowest BCUT2D eigenvalue weighted by Gasteiger charge is -2.30. The number of carbonyl (C=O) groups is 2. The summed E-state index contributed by atoms with van der Waals surface area (Å²) in [6.45, 7) is 14.5. The predicted octanol–water partition coefficient (Wildman–Crippen LogP) is 5.33. The minimum atomic E-state index is -0.725. The van der Waals surface area contributed by atoms with Crippen molar-refractivity contribution >= 4 is 12.0 Å². The molecule has 2 aromatic heterocycles. The number of amides is 2. The Morgan fingerprint density at radius 1 is 1.27 bits per heavy atom. The van der Waals surface area contributed by atoms with Crippen LogP contribution in [0, 0.1) is 18.3 Å². The highest BCUT2D eigenvalue weighted by Gasteiger charge is 2.24. The largest absolute Gasteiger partial charge is 0.474 e. The number of nitriles is 1. The molecule has 4 rings (SSSR count). The minimum absolute atomic E-state index is 0.0886. The molecule has 1 aliphatic heterocycles. The lowest BCUT2D eigenvalue weighted by Crippen LogP contribution is -2.36. The van der Waals surface area contributed by atoms with Crippen LogP contribution in [0.3, 0.4) is 0 Å². The SMILES string of the molecule is CC(C)(C)OC(N)=O.CCCC(=O)N1CCc2c(ccc(-c3noc(-c4cnc(OC(C)C)c(C#N)c4)n3)c2C)C1. The van der Waals surface area contributed by atoms with Gasteiger partial charge < -0.3 is 24.6 Å². The first kappa shape index (κ1) is 31.1. The summed E-state index contributed by atoms with van der Waals surface area (Å²) >= 11 is 0. The van der Waals surface area contributed by atoms with E-state index in [9.17, 15) is 14.9 Å². The van der Waals surface area contributed by atoms with E-state index in [1.165, 1.54) is 11.1 Å². The molecule has 3 aromatic rings. The fourth-order valence-corrected chi connectivity index (χ4v) is 4.39. The van der Waals surface area contributed by atoms with E-state index in [1.807, 2.05) is 37.8 Å². The van der Waals surface area contributed by atoms with Crippen LogP contribution in [0.5, 0.6) is 5.88 Å². The first-order valence-corrected chi connectivity index (χ1v) is 13.6. The lowest BCUT2D eigenvalue weighted by molar-refractivity contribution is -0.132. The Balaban J connectivity index is 0.000000507. The molecule has 0 aliphatic carbocycles. The van der Waals surface area contributed by atoms with Crippen LogP contribution in [0.15, 0.2) is 28.9 Å². The van der Waals surface area contributed by atoms with Gasteiger partial charge >= 0.3 is 6.09 Å². The maximum atomic E-state index is 12.3. The first-order valence-electron chi connectivity index (χ1n) is 13.6. The molecule has 218 valence electrons. The molecule has 0 unspecified atom stereocenters. The zero-order chi connectivity index (χ0) is 30.3. The third-order valence-corrected chi connectivity index (χ3v) is 6.14. The van der Waals surface area contributed by atoms with Crippen molar-refractivity contribution in [1.82, 2.24) is 20.0 Å². The van der Waals surface area contributed by atoms with Crippen LogP contribution in [0.4, 0.5) is 4.79 Å². The third-order valence-electron chi connectivity index (χ3n) is 6.14. The summed E-state index contributed by atoms with van der Waals surface area (Å²) in [4.78, 5) is 33.1. The summed E-state index contributed by atoms with van der Waals surface area (Å²) < 4.78 is 15.7. The van der Waals surface area contributed by atoms with Gasteiger partial charge in [0.15, 0.2) is 0 Å². The number of ether oxygens (including phenoxy) is 2. The predicted molar refractivity (Wildman–Crippen MR) is 153 cm³/mol. The molecular formula is C30H38N6O5. The number of aromatic nitrogens is 3. The Hall–Kier alpha value is -4.46. The molecule has 0 bridgehead atoms. The van der Waals surface area contributed by atoms with E-state index in [0.29, 0.717) is 35.8 Å². The van der Waals surface area contributed by atoms with E-state index in [2.05, 4.69) is 32.9 Å². The molecular weight excluding hydrogens is 524 g/mol. The Bertz CT molecular complexity index is 1430.